The average molecular weight is 319 g/mol. The molecule has 0 aliphatic heterocycles. The maximum Gasteiger partial charge on any atom is 0.122 e. The summed E-state index contributed by atoms with van der Waals surface area (Å²) in [5.74, 6) is 0.956. The van der Waals surface area contributed by atoms with Gasteiger partial charge in [-0.2, -0.15) is 0 Å². The number of halogens is 1. The topological polar surface area (TPSA) is 9.23 Å². The summed E-state index contributed by atoms with van der Waals surface area (Å²) in [4.78, 5) is 0.309. The third-order valence-corrected chi connectivity index (χ3v) is 4.39. The Kier molecular flexibility index (Phi) is 4.65. The number of rotatable bonds is 4. The highest BCUT2D eigenvalue weighted by Crippen LogP contribution is 2.33. The number of aryl methyl sites for hydroxylation is 1. The van der Waals surface area contributed by atoms with Gasteiger partial charge in [-0.3, -0.25) is 0 Å². The molecule has 0 N–H and O–H groups in total. The van der Waals surface area contributed by atoms with Crippen LogP contribution in [0.25, 0.3) is 0 Å². The Balaban J connectivity index is 2.26. The van der Waals surface area contributed by atoms with E-state index in [0.29, 0.717) is 4.83 Å². The van der Waals surface area contributed by atoms with E-state index >= 15 is 0 Å². The lowest BCUT2D eigenvalue weighted by Gasteiger charge is -2.16. The lowest BCUT2D eigenvalue weighted by Crippen LogP contribution is -2.01. The zero-order valence-corrected chi connectivity index (χ0v) is 13.2. The van der Waals surface area contributed by atoms with Crippen LogP contribution in [-0.4, -0.2) is 7.11 Å². The van der Waals surface area contributed by atoms with E-state index in [4.69, 9.17) is 4.74 Å². The third-order valence-electron chi connectivity index (χ3n) is 3.58. The Labute approximate surface area is 123 Å². The lowest BCUT2D eigenvalue weighted by atomic mass is 9.97. The summed E-state index contributed by atoms with van der Waals surface area (Å²) in [7, 11) is 1.72. The van der Waals surface area contributed by atoms with Gasteiger partial charge < -0.3 is 4.74 Å². The predicted octanol–water partition coefficient (Wildman–Crippen LogP) is 4.99. The molecule has 19 heavy (non-hydrogen) atoms. The maximum absolute atomic E-state index is 5.42. The Morgan fingerprint density at radius 1 is 1.05 bits per heavy atom. The van der Waals surface area contributed by atoms with Crippen molar-refractivity contribution in [2.75, 3.05) is 7.11 Å². The van der Waals surface area contributed by atoms with Crippen LogP contribution < -0.4 is 4.74 Å². The molecule has 2 rings (SSSR count). The molecule has 0 saturated carbocycles. The quantitative estimate of drug-likeness (QED) is 0.721. The minimum Gasteiger partial charge on any atom is -0.496 e. The largest absolute Gasteiger partial charge is 0.496 e. The van der Waals surface area contributed by atoms with Gasteiger partial charge >= 0.3 is 0 Å². The Hall–Kier alpha value is -1.28. The molecule has 100 valence electrons. The van der Waals surface area contributed by atoms with Crippen molar-refractivity contribution in [3.8, 4) is 5.75 Å². The zero-order chi connectivity index (χ0) is 13.8. The molecule has 0 aromatic heterocycles. The second-order valence-corrected chi connectivity index (χ2v) is 5.88. The standard InChI is InChI=1S/C17H19BrO/c1-12-7-6-9-15(13(12)2)16(18)11-14-8-4-5-10-17(14)19-3/h4-10,16H,11H2,1-3H3. The molecule has 1 nitrogen and oxygen atoms in total. The van der Waals surface area contributed by atoms with Gasteiger partial charge in [0.05, 0.1) is 7.11 Å². The van der Waals surface area contributed by atoms with Crippen molar-refractivity contribution in [1.82, 2.24) is 0 Å². The normalized spacial score (nSPS) is 12.2. The molecule has 0 saturated heterocycles. The van der Waals surface area contributed by atoms with E-state index in [1.54, 1.807) is 7.11 Å². The van der Waals surface area contributed by atoms with E-state index in [2.05, 4.69) is 60.1 Å². The summed E-state index contributed by atoms with van der Waals surface area (Å²) in [6.45, 7) is 4.34. The summed E-state index contributed by atoms with van der Waals surface area (Å²) < 4.78 is 5.42. The van der Waals surface area contributed by atoms with Gasteiger partial charge in [-0.25, -0.2) is 0 Å². The van der Waals surface area contributed by atoms with E-state index < -0.39 is 0 Å². The highest BCUT2D eigenvalue weighted by atomic mass is 79.9. The lowest BCUT2D eigenvalue weighted by molar-refractivity contribution is 0.409. The van der Waals surface area contributed by atoms with Crippen LogP contribution in [0.5, 0.6) is 5.75 Å². The fraction of sp³-hybridized carbons (Fsp3) is 0.294. The first-order valence-electron chi connectivity index (χ1n) is 6.45. The minimum absolute atomic E-state index is 0.309. The molecular formula is C17H19BrO. The fourth-order valence-electron chi connectivity index (χ4n) is 2.29. The number of hydrogen-bond acceptors (Lipinski definition) is 1. The van der Waals surface area contributed by atoms with Crippen LogP contribution in [-0.2, 0) is 6.42 Å². The summed E-state index contributed by atoms with van der Waals surface area (Å²) in [5.41, 5.74) is 5.28. The van der Waals surface area contributed by atoms with Crippen molar-refractivity contribution in [2.24, 2.45) is 0 Å². The van der Waals surface area contributed by atoms with Gasteiger partial charge in [-0.15, -0.1) is 0 Å². The van der Waals surface area contributed by atoms with Crippen molar-refractivity contribution in [2.45, 2.75) is 25.1 Å². The highest BCUT2D eigenvalue weighted by Gasteiger charge is 2.14. The summed E-state index contributed by atoms with van der Waals surface area (Å²) in [6, 6.07) is 14.7. The monoisotopic (exact) mass is 318 g/mol. The van der Waals surface area contributed by atoms with Gasteiger partial charge in [0, 0.05) is 4.83 Å². The zero-order valence-electron chi connectivity index (χ0n) is 11.6. The number of benzene rings is 2. The fourth-order valence-corrected chi connectivity index (χ4v) is 3.13. The smallest absolute Gasteiger partial charge is 0.122 e. The van der Waals surface area contributed by atoms with Gasteiger partial charge in [-0.05, 0) is 48.6 Å². The van der Waals surface area contributed by atoms with E-state index in [-0.39, 0.29) is 0 Å². The summed E-state index contributed by atoms with van der Waals surface area (Å²) >= 11 is 3.82. The molecule has 0 aliphatic carbocycles. The first-order valence-corrected chi connectivity index (χ1v) is 7.37. The van der Waals surface area contributed by atoms with E-state index in [0.717, 1.165) is 12.2 Å². The van der Waals surface area contributed by atoms with Gasteiger partial charge in [0.25, 0.3) is 0 Å². The van der Waals surface area contributed by atoms with Crippen LogP contribution in [0.3, 0.4) is 0 Å². The Morgan fingerprint density at radius 2 is 1.79 bits per heavy atom. The first kappa shape index (κ1) is 14.1. The van der Waals surface area contributed by atoms with Crippen LogP contribution in [0.4, 0.5) is 0 Å². The van der Waals surface area contributed by atoms with Crippen molar-refractivity contribution in [3.05, 3.63) is 64.7 Å². The Bertz CT molecular complexity index is 563. The second-order valence-electron chi connectivity index (χ2n) is 4.77. The molecule has 0 bridgehead atoms. The van der Waals surface area contributed by atoms with Crippen LogP contribution in [0.2, 0.25) is 0 Å². The van der Waals surface area contributed by atoms with Crippen LogP contribution in [0.15, 0.2) is 42.5 Å². The van der Waals surface area contributed by atoms with Gasteiger partial charge in [0.1, 0.15) is 5.75 Å². The van der Waals surface area contributed by atoms with Gasteiger partial charge in [0.15, 0.2) is 0 Å². The van der Waals surface area contributed by atoms with E-state index in [1.165, 1.54) is 22.3 Å². The van der Waals surface area contributed by atoms with Crippen molar-refractivity contribution in [1.29, 1.82) is 0 Å². The van der Waals surface area contributed by atoms with Gasteiger partial charge in [0.2, 0.25) is 0 Å². The number of hydrogen-bond donors (Lipinski definition) is 0. The molecule has 1 atom stereocenters. The first-order chi connectivity index (χ1) is 9.13. The highest BCUT2D eigenvalue weighted by molar-refractivity contribution is 9.09. The minimum atomic E-state index is 0.309. The van der Waals surface area contributed by atoms with Crippen LogP contribution in [0.1, 0.15) is 27.1 Å². The molecule has 2 aromatic rings. The third kappa shape index (κ3) is 3.19. The number of ether oxygens (including phenoxy) is 1. The van der Waals surface area contributed by atoms with Crippen LogP contribution >= 0.6 is 15.9 Å². The molecular weight excluding hydrogens is 300 g/mol. The van der Waals surface area contributed by atoms with Crippen LogP contribution in [0, 0.1) is 13.8 Å². The Morgan fingerprint density at radius 3 is 2.53 bits per heavy atom. The molecule has 2 aromatic carbocycles. The number of methoxy groups -OCH3 is 1. The second kappa shape index (κ2) is 6.25. The SMILES string of the molecule is COc1ccccc1CC(Br)c1cccc(C)c1C. The molecule has 0 fully saturated rings. The average Bonchev–Trinajstić information content (AvgIpc) is 2.42. The molecule has 0 heterocycles. The van der Waals surface area contributed by atoms with Crippen molar-refractivity contribution >= 4 is 15.9 Å². The molecule has 0 amide bonds. The van der Waals surface area contributed by atoms with E-state index in [9.17, 15) is 0 Å². The molecule has 0 spiro atoms. The maximum atomic E-state index is 5.42. The summed E-state index contributed by atoms with van der Waals surface area (Å²) in [6.07, 6.45) is 0.925. The summed E-state index contributed by atoms with van der Waals surface area (Å²) in [5, 5.41) is 0. The van der Waals surface area contributed by atoms with E-state index in [1.807, 2.05) is 12.1 Å². The molecule has 1 unspecified atom stereocenters. The van der Waals surface area contributed by atoms with Crippen molar-refractivity contribution < 1.29 is 4.74 Å². The van der Waals surface area contributed by atoms with Crippen molar-refractivity contribution in [3.63, 3.8) is 0 Å². The predicted molar refractivity (Wildman–Crippen MR) is 84.3 cm³/mol. The number of para-hydroxylation sites is 1. The number of alkyl halides is 1. The molecule has 2 heteroatoms. The van der Waals surface area contributed by atoms with Gasteiger partial charge in [-0.1, -0.05) is 52.3 Å². The molecule has 0 radical (unpaired) electrons. The molecule has 0 aliphatic rings.